The number of rotatable bonds is 6. The van der Waals surface area contributed by atoms with Crippen LogP contribution < -0.4 is 10.1 Å². The highest BCUT2D eigenvalue weighted by Crippen LogP contribution is 2.16. The fourth-order valence-corrected chi connectivity index (χ4v) is 1.78. The van der Waals surface area contributed by atoms with Gasteiger partial charge in [0.2, 0.25) is 0 Å². The van der Waals surface area contributed by atoms with E-state index >= 15 is 0 Å². The van der Waals surface area contributed by atoms with Crippen LogP contribution in [0.15, 0.2) is 24.3 Å². The number of methoxy groups -OCH3 is 1. The van der Waals surface area contributed by atoms with E-state index in [9.17, 15) is 0 Å². The number of nitrogens with one attached hydrogen (secondary N) is 1. The first-order valence-corrected chi connectivity index (χ1v) is 5.95. The lowest BCUT2D eigenvalue weighted by molar-refractivity contribution is 0.386. The third-order valence-electron chi connectivity index (χ3n) is 2.66. The van der Waals surface area contributed by atoms with Crippen molar-refractivity contribution in [2.24, 2.45) is 0 Å². The fraction of sp³-hybridized carbons (Fsp3) is 0.571. The Kier molecular flexibility index (Phi) is 4.81. The molecule has 0 saturated carbocycles. The minimum atomic E-state index is 0.157. The smallest absolute Gasteiger partial charge is 0.118 e. The van der Waals surface area contributed by atoms with Gasteiger partial charge in [0, 0.05) is 5.54 Å². The van der Waals surface area contributed by atoms with Gasteiger partial charge in [0.15, 0.2) is 0 Å². The van der Waals surface area contributed by atoms with Gasteiger partial charge in [-0.25, -0.2) is 0 Å². The monoisotopic (exact) mass is 221 g/mol. The lowest BCUT2D eigenvalue weighted by Crippen LogP contribution is -2.41. The molecule has 90 valence electrons. The highest BCUT2D eigenvalue weighted by molar-refractivity contribution is 5.28. The van der Waals surface area contributed by atoms with Gasteiger partial charge in [0.25, 0.3) is 0 Å². The predicted molar refractivity (Wildman–Crippen MR) is 69.1 cm³/mol. The molecule has 0 aliphatic heterocycles. The highest BCUT2D eigenvalue weighted by Gasteiger charge is 2.16. The summed E-state index contributed by atoms with van der Waals surface area (Å²) in [4.78, 5) is 0. The van der Waals surface area contributed by atoms with Gasteiger partial charge in [0.05, 0.1) is 7.11 Å². The van der Waals surface area contributed by atoms with Gasteiger partial charge in [-0.05, 0) is 50.9 Å². The Hall–Kier alpha value is -1.02. The molecule has 2 heteroatoms. The van der Waals surface area contributed by atoms with E-state index in [0.29, 0.717) is 0 Å². The molecule has 0 fully saturated rings. The predicted octanol–water partition coefficient (Wildman–Crippen LogP) is 3.02. The molecule has 1 N–H and O–H groups in total. The lowest BCUT2D eigenvalue weighted by atomic mass is 9.95. The zero-order chi connectivity index (χ0) is 12.0. The van der Waals surface area contributed by atoms with Gasteiger partial charge in [-0.3, -0.25) is 0 Å². The largest absolute Gasteiger partial charge is 0.497 e. The van der Waals surface area contributed by atoms with Crippen LogP contribution in [0.5, 0.6) is 5.75 Å². The van der Waals surface area contributed by atoms with Crippen molar-refractivity contribution < 1.29 is 4.74 Å². The molecular weight excluding hydrogens is 198 g/mol. The van der Waals surface area contributed by atoms with Gasteiger partial charge in [-0.1, -0.05) is 19.1 Å². The summed E-state index contributed by atoms with van der Waals surface area (Å²) >= 11 is 0. The summed E-state index contributed by atoms with van der Waals surface area (Å²) in [7, 11) is 1.70. The van der Waals surface area contributed by atoms with Crippen molar-refractivity contribution in [3.63, 3.8) is 0 Å². The minimum absolute atomic E-state index is 0.157. The van der Waals surface area contributed by atoms with Crippen LogP contribution in [0.2, 0.25) is 0 Å². The van der Waals surface area contributed by atoms with Crippen molar-refractivity contribution in [1.29, 1.82) is 0 Å². The van der Waals surface area contributed by atoms with Crippen LogP contribution >= 0.6 is 0 Å². The van der Waals surface area contributed by atoms with E-state index in [2.05, 4.69) is 38.2 Å². The van der Waals surface area contributed by atoms with Gasteiger partial charge in [0.1, 0.15) is 5.75 Å². The SMILES string of the molecule is CCCNC(C)(C)Cc1ccc(OC)cc1. The van der Waals surface area contributed by atoms with Crippen molar-refractivity contribution in [2.75, 3.05) is 13.7 Å². The maximum absolute atomic E-state index is 5.15. The first kappa shape index (κ1) is 13.0. The molecule has 0 bridgehead atoms. The third-order valence-corrected chi connectivity index (χ3v) is 2.66. The van der Waals surface area contributed by atoms with Crippen LogP contribution in [0.4, 0.5) is 0 Å². The molecular formula is C14H23NO. The number of hydrogen-bond donors (Lipinski definition) is 1. The average Bonchev–Trinajstić information content (AvgIpc) is 2.27. The molecule has 0 unspecified atom stereocenters. The first-order chi connectivity index (χ1) is 7.57. The minimum Gasteiger partial charge on any atom is -0.497 e. The maximum Gasteiger partial charge on any atom is 0.118 e. The van der Waals surface area contributed by atoms with Gasteiger partial charge < -0.3 is 10.1 Å². The van der Waals surface area contributed by atoms with E-state index in [4.69, 9.17) is 4.74 Å². The third kappa shape index (κ3) is 4.23. The summed E-state index contributed by atoms with van der Waals surface area (Å²) in [5.74, 6) is 0.920. The molecule has 2 nitrogen and oxygen atoms in total. The fourth-order valence-electron chi connectivity index (χ4n) is 1.78. The molecule has 1 rings (SSSR count). The Labute approximate surface area is 99.0 Å². The Morgan fingerprint density at radius 2 is 1.81 bits per heavy atom. The van der Waals surface area contributed by atoms with Crippen molar-refractivity contribution in [3.05, 3.63) is 29.8 Å². The van der Waals surface area contributed by atoms with Crippen LogP contribution in [-0.4, -0.2) is 19.2 Å². The van der Waals surface area contributed by atoms with Crippen molar-refractivity contribution in [2.45, 2.75) is 39.2 Å². The van der Waals surface area contributed by atoms with Gasteiger partial charge in [-0.15, -0.1) is 0 Å². The first-order valence-electron chi connectivity index (χ1n) is 5.95. The normalized spacial score (nSPS) is 11.5. The molecule has 0 aromatic heterocycles. The van der Waals surface area contributed by atoms with Gasteiger partial charge >= 0.3 is 0 Å². The van der Waals surface area contributed by atoms with E-state index in [0.717, 1.165) is 18.7 Å². The molecule has 0 atom stereocenters. The zero-order valence-electron chi connectivity index (χ0n) is 10.8. The summed E-state index contributed by atoms with van der Waals surface area (Å²) in [6, 6.07) is 8.30. The molecule has 0 aliphatic carbocycles. The summed E-state index contributed by atoms with van der Waals surface area (Å²) in [5, 5.41) is 3.55. The van der Waals surface area contributed by atoms with Crippen molar-refractivity contribution >= 4 is 0 Å². The second-order valence-corrected chi connectivity index (χ2v) is 4.84. The van der Waals surface area contributed by atoms with Crippen molar-refractivity contribution in [1.82, 2.24) is 5.32 Å². The number of hydrogen-bond acceptors (Lipinski definition) is 2. The van der Waals surface area contributed by atoms with E-state index in [-0.39, 0.29) is 5.54 Å². The van der Waals surface area contributed by atoms with Gasteiger partial charge in [-0.2, -0.15) is 0 Å². The Bertz CT molecular complexity index is 303. The summed E-state index contributed by atoms with van der Waals surface area (Å²) in [5.41, 5.74) is 1.50. The topological polar surface area (TPSA) is 21.3 Å². The molecule has 1 aromatic rings. The highest BCUT2D eigenvalue weighted by atomic mass is 16.5. The summed E-state index contributed by atoms with van der Waals surface area (Å²) < 4.78 is 5.15. The molecule has 0 saturated heterocycles. The Morgan fingerprint density at radius 3 is 2.31 bits per heavy atom. The summed E-state index contributed by atoms with van der Waals surface area (Å²) in [6.45, 7) is 7.75. The van der Waals surface area contributed by atoms with E-state index in [1.807, 2.05) is 12.1 Å². The van der Waals surface area contributed by atoms with Crippen LogP contribution in [0, 0.1) is 0 Å². The maximum atomic E-state index is 5.15. The Morgan fingerprint density at radius 1 is 1.19 bits per heavy atom. The number of ether oxygens (including phenoxy) is 1. The Balaban J connectivity index is 2.57. The van der Waals surface area contributed by atoms with Crippen LogP contribution in [0.3, 0.4) is 0 Å². The van der Waals surface area contributed by atoms with E-state index in [1.54, 1.807) is 7.11 Å². The van der Waals surface area contributed by atoms with Crippen molar-refractivity contribution in [3.8, 4) is 5.75 Å². The zero-order valence-corrected chi connectivity index (χ0v) is 10.8. The van der Waals surface area contributed by atoms with Crippen LogP contribution in [0.25, 0.3) is 0 Å². The molecule has 0 radical (unpaired) electrons. The summed E-state index contributed by atoms with van der Waals surface area (Å²) in [6.07, 6.45) is 2.21. The standard InChI is InChI=1S/C14H23NO/c1-5-10-15-14(2,3)11-12-6-8-13(16-4)9-7-12/h6-9,15H,5,10-11H2,1-4H3. The van der Waals surface area contributed by atoms with Crippen LogP contribution in [0.1, 0.15) is 32.8 Å². The molecule has 16 heavy (non-hydrogen) atoms. The molecule has 0 amide bonds. The molecule has 0 heterocycles. The average molecular weight is 221 g/mol. The van der Waals surface area contributed by atoms with E-state index < -0.39 is 0 Å². The van der Waals surface area contributed by atoms with Crippen LogP contribution in [-0.2, 0) is 6.42 Å². The van der Waals surface area contributed by atoms with E-state index in [1.165, 1.54) is 12.0 Å². The lowest BCUT2D eigenvalue weighted by Gasteiger charge is -2.26. The number of benzene rings is 1. The quantitative estimate of drug-likeness (QED) is 0.797. The molecule has 0 aliphatic rings. The molecule has 0 spiro atoms. The second kappa shape index (κ2) is 5.90. The second-order valence-electron chi connectivity index (χ2n) is 4.84. The molecule has 1 aromatic carbocycles.